The summed E-state index contributed by atoms with van der Waals surface area (Å²) in [6.45, 7) is 2.04. The molecular formula is C27H25NO4S2. The summed E-state index contributed by atoms with van der Waals surface area (Å²) in [5.41, 5.74) is 3.02. The van der Waals surface area contributed by atoms with Crippen LogP contribution in [0.3, 0.4) is 0 Å². The predicted octanol–water partition coefficient (Wildman–Crippen LogP) is 5.78. The second-order valence-corrected chi connectivity index (χ2v) is 10.4. The van der Waals surface area contributed by atoms with Crippen LogP contribution in [0.2, 0.25) is 0 Å². The molecule has 1 aliphatic heterocycles. The molecule has 3 unspecified atom stereocenters. The lowest BCUT2D eigenvalue weighted by Gasteiger charge is -2.38. The van der Waals surface area contributed by atoms with Crippen LogP contribution in [-0.2, 0) is 20.9 Å². The predicted molar refractivity (Wildman–Crippen MR) is 134 cm³/mol. The molecule has 0 radical (unpaired) electrons. The van der Waals surface area contributed by atoms with Crippen LogP contribution in [-0.4, -0.2) is 18.9 Å². The first-order chi connectivity index (χ1) is 16.5. The minimum atomic E-state index is -0.415. The van der Waals surface area contributed by atoms with Crippen LogP contribution in [0.5, 0.6) is 5.75 Å². The van der Waals surface area contributed by atoms with Gasteiger partial charge in [0, 0.05) is 39.4 Å². The molecule has 5 nitrogen and oxygen atoms in total. The molecule has 0 saturated heterocycles. The van der Waals surface area contributed by atoms with E-state index in [0.29, 0.717) is 12.0 Å². The zero-order valence-corrected chi connectivity index (χ0v) is 20.6. The van der Waals surface area contributed by atoms with Gasteiger partial charge in [-0.1, -0.05) is 30.3 Å². The number of rotatable bonds is 6. The molecule has 34 heavy (non-hydrogen) atoms. The Morgan fingerprint density at radius 2 is 1.74 bits per heavy atom. The van der Waals surface area contributed by atoms with E-state index in [1.165, 1.54) is 4.88 Å². The largest absolute Gasteiger partial charge is 0.497 e. The van der Waals surface area contributed by atoms with Gasteiger partial charge in [-0.25, -0.2) is 4.79 Å². The molecule has 1 N–H and O–H groups in total. The highest BCUT2D eigenvalue weighted by Gasteiger charge is 2.45. The summed E-state index contributed by atoms with van der Waals surface area (Å²) in [6.07, 6.45) is 2.60. The van der Waals surface area contributed by atoms with Crippen molar-refractivity contribution in [2.24, 2.45) is 5.92 Å². The number of carbonyl (C=O) groups is 2. The van der Waals surface area contributed by atoms with Crippen molar-refractivity contribution in [3.05, 3.63) is 97.7 Å². The minimum absolute atomic E-state index is 0.0617. The molecule has 0 saturated carbocycles. The SMILES string of the molecule is COc1ccc(COC(=O)C2=C(C)NC3=CC(c4cccs4)CC(=O)C3C2c2cccs2)cc1. The Kier molecular flexibility index (Phi) is 6.39. The third-order valence-corrected chi connectivity index (χ3v) is 8.33. The third-order valence-electron chi connectivity index (χ3n) is 6.37. The molecule has 0 fully saturated rings. The Morgan fingerprint density at radius 1 is 1.03 bits per heavy atom. The smallest absolute Gasteiger partial charge is 0.336 e. The average molecular weight is 492 g/mol. The number of hydrogen-bond donors (Lipinski definition) is 1. The van der Waals surface area contributed by atoms with Gasteiger partial charge >= 0.3 is 5.97 Å². The number of hydrogen-bond acceptors (Lipinski definition) is 7. The zero-order valence-electron chi connectivity index (χ0n) is 18.9. The number of thiophene rings is 2. The highest BCUT2D eigenvalue weighted by atomic mass is 32.1. The van der Waals surface area contributed by atoms with Gasteiger partial charge in [-0.3, -0.25) is 4.79 Å². The molecule has 0 amide bonds. The van der Waals surface area contributed by atoms with E-state index < -0.39 is 11.9 Å². The van der Waals surface area contributed by atoms with Crippen molar-refractivity contribution < 1.29 is 19.1 Å². The minimum Gasteiger partial charge on any atom is -0.497 e. The molecule has 3 heterocycles. The monoisotopic (exact) mass is 491 g/mol. The average Bonchev–Trinajstić information content (AvgIpc) is 3.56. The van der Waals surface area contributed by atoms with Crippen molar-refractivity contribution in [3.63, 3.8) is 0 Å². The fourth-order valence-electron chi connectivity index (χ4n) is 4.75. The maximum atomic E-state index is 13.5. The number of benzene rings is 1. The number of ether oxygens (including phenoxy) is 2. The standard InChI is InChI=1S/C27H25NO4S2/c1-16-24(27(30)32-15-17-7-9-19(31-2)10-8-17)26(23-6-4-12-34-23)25-20(28-16)13-18(14-21(25)29)22-5-3-11-33-22/h3-13,18,25-26,28H,14-15H2,1-2H3. The van der Waals surface area contributed by atoms with E-state index in [0.717, 1.165) is 27.6 Å². The summed E-state index contributed by atoms with van der Waals surface area (Å²) < 4.78 is 10.9. The van der Waals surface area contributed by atoms with Gasteiger partial charge < -0.3 is 14.8 Å². The van der Waals surface area contributed by atoms with Crippen LogP contribution < -0.4 is 10.1 Å². The van der Waals surface area contributed by atoms with E-state index in [1.54, 1.807) is 29.8 Å². The van der Waals surface area contributed by atoms with E-state index in [-0.39, 0.29) is 24.2 Å². The van der Waals surface area contributed by atoms with E-state index in [1.807, 2.05) is 60.1 Å². The Labute approximate surface area is 206 Å². The molecular weight excluding hydrogens is 466 g/mol. The van der Waals surface area contributed by atoms with Gasteiger partial charge in [0.05, 0.1) is 18.6 Å². The summed E-state index contributed by atoms with van der Waals surface area (Å²) in [7, 11) is 1.61. The van der Waals surface area contributed by atoms with Crippen LogP contribution in [0.1, 0.15) is 40.5 Å². The topological polar surface area (TPSA) is 64.6 Å². The van der Waals surface area contributed by atoms with E-state index in [2.05, 4.69) is 17.5 Å². The first-order valence-electron chi connectivity index (χ1n) is 11.1. The molecule has 3 atom stereocenters. The Morgan fingerprint density at radius 3 is 2.38 bits per heavy atom. The summed E-state index contributed by atoms with van der Waals surface area (Å²) in [5, 5.41) is 7.41. The molecule has 2 aliphatic rings. The quantitative estimate of drug-likeness (QED) is 0.443. The van der Waals surface area contributed by atoms with Crippen LogP contribution >= 0.6 is 22.7 Å². The molecule has 0 bridgehead atoms. The number of fused-ring (bicyclic) bond motifs is 1. The van der Waals surface area contributed by atoms with Gasteiger partial charge in [-0.05, 0) is 47.5 Å². The van der Waals surface area contributed by atoms with Crippen LogP contribution in [0.4, 0.5) is 0 Å². The van der Waals surface area contributed by atoms with E-state index >= 15 is 0 Å². The molecule has 0 spiro atoms. The lowest BCUT2D eigenvalue weighted by molar-refractivity contribution is -0.141. The van der Waals surface area contributed by atoms with Gasteiger partial charge in [0.1, 0.15) is 18.1 Å². The zero-order chi connectivity index (χ0) is 23.7. The summed E-state index contributed by atoms with van der Waals surface area (Å²) >= 11 is 3.23. The maximum Gasteiger partial charge on any atom is 0.336 e. The Balaban J connectivity index is 1.46. The first kappa shape index (κ1) is 22.6. The lowest BCUT2D eigenvalue weighted by Crippen LogP contribution is -2.41. The maximum absolute atomic E-state index is 13.5. The van der Waals surface area contributed by atoms with Crippen LogP contribution in [0.25, 0.3) is 0 Å². The van der Waals surface area contributed by atoms with Gasteiger partial charge in [0.15, 0.2) is 0 Å². The highest BCUT2D eigenvalue weighted by Crippen LogP contribution is 2.47. The molecule has 5 rings (SSSR count). The van der Waals surface area contributed by atoms with Gasteiger partial charge in [0.2, 0.25) is 0 Å². The number of Topliss-reactive ketones (excluding diaryl/α,β-unsaturated/α-hetero) is 1. The Hall–Kier alpha value is -3.16. The van der Waals surface area contributed by atoms with Gasteiger partial charge in [-0.15, -0.1) is 22.7 Å². The van der Waals surface area contributed by atoms with Crippen LogP contribution in [0, 0.1) is 5.92 Å². The lowest BCUT2D eigenvalue weighted by atomic mass is 9.71. The second kappa shape index (κ2) is 9.60. The second-order valence-electron chi connectivity index (χ2n) is 8.47. The third kappa shape index (κ3) is 4.33. The summed E-state index contributed by atoms with van der Waals surface area (Å²) in [5.74, 6) is -0.207. The number of carbonyl (C=O) groups excluding carboxylic acids is 2. The molecule has 174 valence electrons. The fourth-order valence-corrected chi connectivity index (χ4v) is 6.42. The number of nitrogens with one attached hydrogen (secondary N) is 1. The van der Waals surface area contributed by atoms with Gasteiger partial charge in [-0.2, -0.15) is 0 Å². The van der Waals surface area contributed by atoms with Crippen molar-refractivity contribution in [1.29, 1.82) is 0 Å². The van der Waals surface area contributed by atoms with E-state index in [9.17, 15) is 9.59 Å². The van der Waals surface area contributed by atoms with Crippen molar-refractivity contribution in [1.82, 2.24) is 5.32 Å². The molecule has 1 aliphatic carbocycles. The number of ketones is 1. The molecule has 2 aromatic heterocycles. The summed E-state index contributed by atoms with van der Waals surface area (Å²) in [4.78, 5) is 29.0. The molecule has 1 aromatic carbocycles. The summed E-state index contributed by atoms with van der Waals surface area (Å²) in [6, 6.07) is 15.5. The van der Waals surface area contributed by atoms with Crippen molar-refractivity contribution in [3.8, 4) is 5.75 Å². The van der Waals surface area contributed by atoms with Gasteiger partial charge in [0.25, 0.3) is 0 Å². The first-order valence-corrected chi connectivity index (χ1v) is 12.9. The van der Waals surface area contributed by atoms with Crippen molar-refractivity contribution in [2.45, 2.75) is 31.8 Å². The van der Waals surface area contributed by atoms with E-state index in [4.69, 9.17) is 9.47 Å². The van der Waals surface area contributed by atoms with Crippen molar-refractivity contribution >= 4 is 34.4 Å². The normalized spacial score (nSPS) is 22.0. The number of allylic oxidation sites excluding steroid dienone is 3. The molecule has 3 aromatic rings. The molecule has 7 heteroatoms. The van der Waals surface area contributed by atoms with Crippen LogP contribution in [0.15, 0.2) is 82.3 Å². The van der Waals surface area contributed by atoms with Crippen molar-refractivity contribution in [2.75, 3.05) is 7.11 Å². The number of methoxy groups -OCH3 is 1. The number of esters is 1. The fraction of sp³-hybridized carbons (Fsp3) is 0.259. The highest BCUT2D eigenvalue weighted by molar-refractivity contribution is 7.10. The Bertz CT molecular complexity index is 1240.